The number of carbonyl (C=O) groups is 1. The van der Waals surface area contributed by atoms with Gasteiger partial charge in [0.1, 0.15) is 5.82 Å². The maximum Gasteiger partial charge on any atom is 0.165 e. The molecule has 1 aromatic carbocycles. The molecule has 0 spiro atoms. The third-order valence-corrected chi connectivity index (χ3v) is 3.30. The Labute approximate surface area is 94.6 Å². The van der Waals surface area contributed by atoms with Crippen molar-refractivity contribution in [2.45, 2.75) is 32.1 Å². The van der Waals surface area contributed by atoms with E-state index in [1.165, 1.54) is 25.0 Å². The molecule has 2 nitrogen and oxygen atoms in total. The zero-order valence-electron chi connectivity index (χ0n) is 9.21. The van der Waals surface area contributed by atoms with Crippen molar-refractivity contribution in [3.63, 3.8) is 0 Å². The minimum absolute atomic E-state index is 0.00880. The Morgan fingerprint density at radius 3 is 2.75 bits per heavy atom. The highest BCUT2D eigenvalue weighted by Crippen LogP contribution is 2.29. The molecule has 0 atom stereocenters. The number of para-hydroxylation sites is 1. The highest BCUT2D eigenvalue weighted by atomic mass is 19.1. The molecule has 86 valence electrons. The van der Waals surface area contributed by atoms with E-state index < -0.39 is 5.82 Å². The topological polar surface area (TPSA) is 43.1 Å². The van der Waals surface area contributed by atoms with Crippen molar-refractivity contribution in [3.8, 4) is 0 Å². The van der Waals surface area contributed by atoms with Crippen LogP contribution in [0.3, 0.4) is 0 Å². The largest absolute Gasteiger partial charge is 0.396 e. The zero-order chi connectivity index (χ0) is 11.5. The van der Waals surface area contributed by atoms with Gasteiger partial charge in [-0.25, -0.2) is 4.39 Å². The Kier molecular flexibility index (Phi) is 3.22. The third kappa shape index (κ3) is 2.23. The minimum atomic E-state index is -0.503. The quantitative estimate of drug-likeness (QED) is 0.629. The van der Waals surface area contributed by atoms with E-state index in [-0.39, 0.29) is 11.5 Å². The fourth-order valence-corrected chi connectivity index (χ4v) is 2.37. The lowest BCUT2D eigenvalue weighted by molar-refractivity contribution is 0.0962. The number of Topliss-reactive ketones (excluding diaryl/α,β-unsaturated/α-hetero) is 1. The van der Waals surface area contributed by atoms with Gasteiger partial charge < -0.3 is 5.73 Å². The third-order valence-electron chi connectivity index (χ3n) is 3.30. The summed E-state index contributed by atoms with van der Waals surface area (Å²) >= 11 is 0. The highest BCUT2D eigenvalue weighted by molar-refractivity contribution is 6.00. The molecule has 16 heavy (non-hydrogen) atoms. The van der Waals surface area contributed by atoms with Crippen molar-refractivity contribution in [3.05, 3.63) is 29.6 Å². The Morgan fingerprint density at radius 1 is 1.38 bits per heavy atom. The van der Waals surface area contributed by atoms with E-state index in [1.807, 2.05) is 0 Å². The number of carbonyl (C=O) groups excluding carboxylic acids is 1. The van der Waals surface area contributed by atoms with Crippen molar-refractivity contribution in [1.29, 1.82) is 0 Å². The summed E-state index contributed by atoms with van der Waals surface area (Å²) in [6.07, 6.45) is 5.14. The Hall–Kier alpha value is -1.38. The number of hydrogen-bond acceptors (Lipinski definition) is 2. The van der Waals surface area contributed by atoms with Gasteiger partial charge in [0.25, 0.3) is 0 Å². The molecule has 1 aromatic rings. The lowest BCUT2D eigenvalue weighted by Crippen LogP contribution is -2.09. The summed E-state index contributed by atoms with van der Waals surface area (Å²) in [7, 11) is 0. The molecular formula is C13H16FNO. The van der Waals surface area contributed by atoms with Crippen LogP contribution in [-0.2, 0) is 0 Å². The normalized spacial score (nSPS) is 16.6. The number of nitrogen functional groups attached to an aromatic ring is 1. The molecule has 0 bridgehead atoms. The van der Waals surface area contributed by atoms with Crippen LogP contribution in [0.15, 0.2) is 18.2 Å². The van der Waals surface area contributed by atoms with E-state index in [9.17, 15) is 9.18 Å². The Morgan fingerprint density at radius 2 is 2.06 bits per heavy atom. The van der Waals surface area contributed by atoms with Crippen molar-refractivity contribution < 1.29 is 9.18 Å². The van der Waals surface area contributed by atoms with Crippen molar-refractivity contribution in [1.82, 2.24) is 0 Å². The summed E-state index contributed by atoms with van der Waals surface area (Å²) in [6.45, 7) is 0. The van der Waals surface area contributed by atoms with Crippen molar-refractivity contribution in [2.75, 3.05) is 5.73 Å². The highest BCUT2D eigenvalue weighted by Gasteiger charge is 2.21. The first-order valence-electron chi connectivity index (χ1n) is 5.75. The minimum Gasteiger partial charge on any atom is -0.396 e. The number of rotatable bonds is 3. The molecule has 0 aromatic heterocycles. The van der Waals surface area contributed by atoms with Crippen LogP contribution >= 0.6 is 0 Å². The second-order valence-corrected chi connectivity index (χ2v) is 4.48. The lowest BCUT2D eigenvalue weighted by Gasteiger charge is -2.09. The van der Waals surface area contributed by atoms with E-state index in [0.717, 1.165) is 12.8 Å². The number of anilines is 1. The fraction of sp³-hybridized carbons (Fsp3) is 0.462. The number of nitrogens with two attached hydrogens (primary N) is 1. The first-order valence-corrected chi connectivity index (χ1v) is 5.75. The van der Waals surface area contributed by atoms with Crippen LogP contribution in [-0.4, -0.2) is 5.78 Å². The lowest BCUT2D eigenvalue weighted by atomic mass is 9.96. The molecule has 0 unspecified atom stereocenters. The van der Waals surface area contributed by atoms with Crippen LogP contribution in [0.4, 0.5) is 10.1 Å². The van der Waals surface area contributed by atoms with Gasteiger partial charge in [-0.1, -0.05) is 31.7 Å². The second-order valence-electron chi connectivity index (χ2n) is 4.48. The molecule has 0 radical (unpaired) electrons. The molecule has 0 saturated heterocycles. The van der Waals surface area contributed by atoms with E-state index in [0.29, 0.717) is 17.9 Å². The van der Waals surface area contributed by atoms with Crippen LogP contribution in [0.1, 0.15) is 42.5 Å². The first kappa shape index (κ1) is 11.1. The Bertz CT molecular complexity index is 397. The van der Waals surface area contributed by atoms with Crippen LogP contribution < -0.4 is 5.73 Å². The molecule has 3 heteroatoms. The van der Waals surface area contributed by atoms with Crippen LogP contribution in [0, 0.1) is 11.7 Å². The van der Waals surface area contributed by atoms with Crippen molar-refractivity contribution in [2.24, 2.45) is 5.92 Å². The maximum absolute atomic E-state index is 13.2. The van der Waals surface area contributed by atoms with Gasteiger partial charge in [0, 0.05) is 12.0 Å². The smallest absolute Gasteiger partial charge is 0.165 e. The molecule has 2 N–H and O–H groups in total. The van der Waals surface area contributed by atoms with Crippen molar-refractivity contribution >= 4 is 11.5 Å². The number of ketones is 1. The summed E-state index contributed by atoms with van der Waals surface area (Å²) in [6, 6.07) is 4.42. The SMILES string of the molecule is Nc1c(F)cccc1C(=O)CC1CCCC1. The molecule has 0 aliphatic heterocycles. The van der Waals surface area contributed by atoms with Gasteiger partial charge in [-0.2, -0.15) is 0 Å². The van der Waals surface area contributed by atoms with Crippen LogP contribution in [0.25, 0.3) is 0 Å². The van der Waals surface area contributed by atoms with E-state index in [2.05, 4.69) is 0 Å². The second kappa shape index (κ2) is 4.64. The fourth-order valence-electron chi connectivity index (χ4n) is 2.37. The summed E-state index contributed by atoms with van der Waals surface area (Å²) in [5, 5.41) is 0. The molecule has 1 saturated carbocycles. The summed E-state index contributed by atoms with van der Waals surface area (Å²) in [4.78, 5) is 11.9. The molecular weight excluding hydrogens is 205 g/mol. The molecule has 1 aliphatic rings. The summed E-state index contributed by atoms with van der Waals surface area (Å²) in [5.74, 6) is -0.0589. The molecule has 2 rings (SSSR count). The molecule has 1 aliphatic carbocycles. The number of halogens is 1. The molecule has 0 heterocycles. The maximum atomic E-state index is 13.2. The Balaban J connectivity index is 2.11. The molecule has 1 fully saturated rings. The average Bonchev–Trinajstić information content (AvgIpc) is 2.74. The van der Waals surface area contributed by atoms with Crippen LogP contribution in [0.2, 0.25) is 0 Å². The monoisotopic (exact) mass is 221 g/mol. The van der Waals surface area contributed by atoms with E-state index in [4.69, 9.17) is 5.73 Å². The number of hydrogen-bond donors (Lipinski definition) is 1. The average molecular weight is 221 g/mol. The van der Waals surface area contributed by atoms with E-state index >= 15 is 0 Å². The van der Waals surface area contributed by atoms with Gasteiger partial charge in [-0.05, 0) is 18.1 Å². The van der Waals surface area contributed by atoms with Gasteiger partial charge >= 0.3 is 0 Å². The van der Waals surface area contributed by atoms with Gasteiger partial charge in [0.15, 0.2) is 5.78 Å². The standard InChI is InChI=1S/C13H16FNO/c14-11-7-3-6-10(13(11)15)12(16)8-9-4-1-2-5-9/h3,6-7,9H,1-2,4-5,8,15H2. The predicted octanol–water partition coefficient (Wildman–Crippen LogP) is 3.17. The predicted molar refractivity (Wildman–Crippen MR) is 61.7 cm³/mol. The first-order chi connectivity index (χ1) is 7.68. The van der Waals surface area contributed by atoms with Crippen LogP contribution in [0.5, 0.6) is 0 Å². The summed E-state index contributed by atoms with van der Waals surface area (Å²) in [5.41, 5.74) is 5.89. The van der Waals surface area contributed by atoms with Gasteiger partial charge in [0.05, 0.1) is 5.69 Å². The number of benzene rings is 1. The van der Waals surface area contributed by atoms with Gasteiger partial charge in [-0.15, -0.1) is 0 Å². The summed E-state index contributed by atoms with van der Waals surface area (Å²) < 4.78 is 13.2. The van der Waals surface area contributed by atoms with E-state index in [1.54, 1.807) is 6.07 Å². The van der Waals surface area contributed by atoms with Gasteiger partial charge in [0.2, 0.25) is 0 Å². The van der Waals surface area contributed by atoms with Gasteiger partial charge in [-0.3, -0.25) is 4.79 Å². The zero-order valence-corrected chi connectivity index (χ0v) is 9.21. The molecule has 0 amide bonds.